The van der Waals surface area contributed by atoms with Crippen LogP contribution in [0.1, 0.15) is 18.4 Å². The van der Waals surface area contributed by atoms with Gasteiger partial charge in [0.05, 0.1) is 0 Å². The topological polar surface area (TPSA) is 27.3 Å². The first-order chi connectivity index (χ1) is 8.78. The van der Waals surface area contributed by atoms with Crippen molar-refractivity contribution in [2.75, 3.05) is 39.0 Å². The Hall–Kier alpha value is -1.06. The zero-order chi connectivity index (χ0) is 12.8. The van der Waals surface area contributed by atoms with Gasteiger partial charge in [-0.1, -0.05) is 12.1 Å². The molecule has 0 aromatic heterocycles. The maximum absolute atomic E-state index is 3.58. The minimum Gasteiger partial charge on any atom is -0.388 e. The molecule has 0 radical (unpaired) electrons. The standard InChI is InChI=1S/C15H25N3/c1-16-15-7-5-13(6-8-15)10-17-11-14-4-3-9-18(2)12-14/h5-8,14,16-17H,3-4,9-12H2,1-2H3. The largest absolute Gasteiger partial charge is 0.388 e. The van der Waals surface area contributed by atoms with E-state index >= 15 is 0 Å². The predicted molar refractivity (Wildman–Crippen MR) is 77.9 cm³/mol. The van der Waals surface area contributed by atoms with E-state index in [4.69, 9.17) is 0 Å². The Morgan fingerprint density at radius 2 is 2.06 bits per heavy atom. The number of benzene rings is 1. The van der Waals surface area contributed by atoms with Gasteiger partial charge in [0.2, 0.25) is 0 Å². The van der Waals surface area contributed by atoms with Crippen LogP contribution in [0.25, 0.3) is 0 Å². The maximum Gasteiger partial charge on any atom is 0.0337 e. The van der Waals surface area contributed by atoms with Gasteiger partial charge in [0.1, 0.15) is 0 Å². The quantitative estimate of drug-likeness (QED) is 0.835. The van der Waals surface area contributed by atoms with E-state index in [2.05, 4.69) is 46.8 Å². The summed E-state index contributed by atoms with van der Waals surface area (Å²) >= 11 is 0. The number of piperidine rings is 1. The molecule has 2 rings (SSSR count). The number of hydrogen-bond acceptors (Lipinski definition) is 3. The molecule has 0 bridgehead atoms. The Balaban J connectivity index is 1.70. The van der Waals surface area contributed by atoms with Crippen molar-refractivity contribution in [1.29, 1.82) is 0 Å². The molecule has 1 aliphatic heterocycles. The van der Waals surface area contributed by atoms with Crippen molar-refractivity contribution in [2.45, 2.75) is 19.4 Å². The zero-order valence-corrected chi connectivity index (χ0v) is 11.6. The van der Waals surface area contributed by atoms with Crippen LogP contribution in [0.5, 0.6) is 0 Å². The molecule has 100 valence electrons. The van der Waals surface area contributed by atoms with E-state index in [0.29, 0.717) is 0 Å². The number of anilines is 1. The van der Waals surface area contributed by atoms with Crippen molar-refractivity contribution in [3.05, 3.63) is 29.8 Å². The number of nitrogens with one attached hydrogen (secondary N) is 2. The van der Waals surface area contributed by atoms with E-state index in [9.17, 15) is 0 Å². The van der Waals surface area contributed by atoms with Gasteiger partial charge in [0.25, 0.3) is 0 Å². The van der Waals surface area contributed by atoms with E-state index in [-0.39, 0.29) is 0 Å². The highest BCUT2D eigenvalue weighted by Gasteiger charge is 2.16. The summed E-state index contributed by atoms with van der Waals surface area (Å²) in [6, 6.07) is 8.63. The Morgan fingerprint density at radius 3 is 2.72 bits per heavy atom. The summed E-state index contributed by atoms with van der Waals surface area (Å²) in [5, 5.41) is 6.72. The van der Waals surface area contributed by atoms with E-state index in [1.165, 1.54) is 37.2 Å². The van der Waals surface area contributed by atoms with Crippen LogP contribution in [0.3, 0.4) is 0 Å². The van der Waals surface area contributed by atoms with Crippen molar-refractivity contribution < 1.29 is 0 Å². The monoisotopic (exact) mass is 247 g/mol. The number of rotatable bonds is 5. The summed E-state index contributed by atoms with van der Waals surface area (Å²) in [4.78, 5) is 2.44. The van der Waals surface area contributed by atoms with Crippen LogP contribution in [0.4, 0.5) is 5.69 Å². The molecule has 0 aliphatic carbocycles. The van der Waals surface area contributed by atoms with E-state index < -0.39 is 0 Å². The normalized spacial score (nSPS) is 20.9. The molecule has 18 heavy (non-hydrogen) atoms. The lowest BCUT2D eigenvalue weighted by atomic mass is 9.98. The average Bonchev–Trinajstić information content (AvgIpc) is 2.40. The van der Waals surface area contributed by atoms with E-state index in [1.807, 2.05) is 7.05 Å². The van der Waals surface area contributed by atoms with Crippen LogP contribution in [-0.2, 0) is 6.54 Å². The first-order valence-corrected chi connectivity index (χ1v) is 6.94. The van der Waals surface area contributed by atoms with Crippen molar-refractivity contribution in [3.8, 4) is 0 Å². The minimum absolute atomic E-state index is 0.820. The number of hydrogen-bond donors (Lipinski definition) is 2. The van der Waals surface area contributed by atoms with Crippen molar-refractivity contribution in [1.82, 2.24) is 10.2 Å². The minimum atomic E-state index is 0.820. The molecule has 1 aliphatic rings. The van der Waals surface area contributed by atoms with Crippen LogP contribution in [0.15, 0.2) is 24.3 Å². The lowest BCUT2D eigenvalue weighted by molar-refractivity contribution is 0.206. The molecule has 0 saturated carbocycles. The third kappa shape index (κ3) is 4.00. The van der Waals surface area contributed by atoms with Crippen LogP contribution >= 0.6 is 0 Å². The second kappa shape index (κ2) is 6.76. The van der Waals surface area contributed by atoms with Gasteiger partial charge in [-0.25, -0.2) is 0 Å². The molecule has 1 atom stereocenters. The van der Waals surface area contributed by atoms with Gasteiger partial charge in [0.15, 0.2) is 0 Å². The Kier molecular flexibility index (Phi) is 5.02. The lowest BCUT2D eigenvalue weighted by Crippen LogP contribution is -2.37. The molecule has 1 saturated heterocycles. The van der Waals surface area contributed by atoms with E-state index in [1.54, 1.807) is 0 Å². The highest BCUT2D eigenvalue weighted by Crippen LogP contribution is 2.14. The molecular weight excluding hydrogens is 222 g/mol. The fraction of sp³-hybridized carbons (Fsp3) is 0.600. The van der Waals surface area contributed by atoms with Crippen LogP contribution in [0, 0.1) is 5.92 Å². The predicted octanol–water partition coefficient (Wildman–Crippen LogP) is 2.16. The molecular formula is C15H25N3. The van der Waals surface area contributed by atoms with Crippen LogP contribution in [-0.4, -0.2) is 38.6 Å². The molecule has 2 N–H and O–H groups in total. The molecule has 1 unspecified atom stereocenters. The first kappa shape index (κ1) is 13.4. The molecule has 0 amide bonds. The van der Waals surface area contributed by atoms with Gasteiger partial charge >= 0.3 is 0 Å². The Bertz CT molecular complexity index is 347. The second-order valence-corrected chi connectivity index (χ2v) is 5.35. The Labute approximate surface area is 111 Å². The molecule has 1 aromatic carbocycles. The molecule has 1 fully saturated rings. The SMILES string of the molecule is CNc1ccc(CNCC2CCCN(C)C2)cc1. The highest BCUT2D eigenvalue weighted by molar-refractivity contribution is 5.43. The van der Waals surface area contributed by atoms with Crippen LogP contribution < -0.4 is 10.6 Å². The first-order valence-electron chi connectivity index (χ1n) is 6.94. The van der Waals surface area contributed by atoms with E-state index in [0.717, 1.165) is 19.0 Å². The zero-order valence-electron chi connectivity index (χ0n) is 11.6. The fourth-order valence-corrected chi connectivity index (χ4v) is 2.65. The van der Waals surface area contributed by atoms with Gasteiger partial charge < -0.3 is 15.5 Å². The molecule has 1 aromatic rings. The van der Waals surface area contributed by atoms with Gasteiger partial charge in [0, 0.05) is 25.8 Å². The summed E-state index contributed by atoms with van der Waals surface area (Å²) in [5.74, 6) is 0.820. The van der Waals surface area contributed by atoms with Crippen molar-refractivity contribution in [3.63, 3.8) is 0 Å². The average molecular weight is 247 g/mol. The second-order valence-electron chi connectivity index (χ2n) is 5.35. The van der Waals surface area contributed by atoms with Gasteiger partial charge in [-0.05, 0) is 56.6 Å². The highest BCUT2D eigenvalue weighted by atomic mass is 15.1. The third-order valence-electron chi connectivity index (χ3n) is 3.73. The lowest BCUT2D eigenvalue weighted by Gasteiger charge is -2.29. The van der Waals surface area contributed by atoms with Gasteiger partial charge in [-0.2, -0.15) is 0 Å². The fourth-order valence-electron chi connectivity index (χ4n) is 2.65. The van der Waals surface area contributed by atoms with Crippen molar-refractivity contribution in [2.24, 2.45) is 5.92 Å². The third-order valence-corrected chi connectivity index (χ3v) is 3.73. The summed E-state index contributed by atoms with van der Waals surface area (Å²) in [6.07, 6.45) is 2.72. The smallest absolute Gasteiger partial charge is 0.0337 e. The summed E-state index contributed by atoms with van der Waals surface area (Å²) in [7, 11) is 4.18. The summed E-state index contributed by atoms with van der Waals surface area (Å²) in [5.41, 5.74) is 2.53. The molecule has 3 nitrogen and oxygen atoms in total. The summed E-state index contributed by atoms with van der Waals surface area (Å²) < 4.78 is 0. The molecule has 1 heterocycles. The van der Waals surface area contributed by atoms with Crippen LogP contribution in [0.2, 0.25) is 0 Å². The number of likely N-dealkylation sites (tertiary alicyclic amines) is 1. The Morgan fingerprint density at radius 1 is 1.28 bits per heavy atom. The maximum atomic E-state index is 3.58. The number of nitrogens with zero attached hydrogens (tertiary/aromatic N) is 1. The summed E-state index contributed by atoms with van der Waals surface area (Å²) in [6.45, 7) is 4.62. The molecule has 3 heteroatoms. The molecule has 0 spiro atoms. The van der Waals surface area contributed by atoms with Gasteiger partial charge in [-0.3, -0.25) is 0 Å². The van der Waals surface area contributed by atoms with Crippen molar-refractivity contribution >= 4 is 5.69 Å². The van der Waals surface area contributed by atoms with Gasteiger partial charge in [-0.15, -0.1) is 0 Å².